The number of ketones is 1. The van der Waals surface area contributed by atoms with Crippen molar-refractivity contribution in [1.82, 2.24) is 9.78 Å². The van der Waals surface area contributed by atoms with E-state index in [4.69, 9.17) is 0 Å². The first-order valence-corrected chi connectivity index (χ1v) is 7.27. The van der Waals surface area contributed by atoms with E-state index < -0.39 is 0 Å². The van der Waals surface area contributed by atoms with Gasteiger partial charge in [-0.2, -0.15) is 5.10 Å². The predicted molar refractivity (Wildman–Crippen MR) is 77.1 cm³/mol. The summed E-state index contributed by atoms with van der Waals surface area (Å²) in [6, 6.07) is 9.47. The van der Waals surface area contributed by atoms with E-state index in [0.29, 0.717) is 5.75 Å². The summed E-state index contributed by atoms with van der Waals surface area (Å²) in [5, 5.41) is 5.26. The third-order valence-electron chi connectivity index (χ3n) is 2.48. The van der Waals surface area contributed by atoms with Crippen LogP contribution in [0.15, 0.2) is 39.8 Å². The largest absolute Gasteiger partial charge is 0.293 e. The first kappa shape index (κ1) is 13.4. The molecule has 18 heavy (non-hydrogen) atoms. The van der Waals surface area contributed by atoms with E-state index in [2.05, 4.69) is 21.0 Å². The number of aromatic nitrogens is 2. The van der Waals surface area contributed by atoms with Crippen LogP contribution in [0.1, 0.15) is 16.1 Å². The predicted octanol–water partition coefficient (Wildman–Crippen LogP) is 3.47. The molecule has 1 aromatic carbocycles. The van der Waals surface area contributed by atoms with E-state index in [1.807, 2.05) is 44.3 Å². The summed E-state index contributed by atoms with van der Waals surface area (Å²) in [7, 11) is 1.89. The Morgan fingerprint density at radius 3 is 2.78 bits per heavy atom. The average molecular weight is 325 g/mol. The number of rotatable bonds is 4. The number of aryl methyl sites for hydroxylation is 2. The van der Waals surface area contributed by atoms with Crippen LogP contribution in [0.3, 0.4) is 0 Å². The highest BCUT2D eigenvalue weighted by molar-refractivity contribution is 9.10. The van der Waals surface area contributed by atoms with Gasteiger partial charge in [-0.3, -0.25) is 9.48 Å². The number of nitrogens with zero attached hydrogens (tertiary/aromatic N) is 2. The summed E-state index contributed by atoms with van der Waals surface area (Å²) >= 11 is 4.90. The molecule has 0 atom stereocenters. The molecule has 0 aliphatic heterocycles. The van der Waals surface area contributed by atoms with Crippen LogP contribution in [0.25, 0.3) is 0 Å². The lowest BCUT2D eigenvalue weighted by atomic mass is 10.1. The van der Waals surface area contributed by atoms with Crippen molar-refractivity contribution >= 4 is 33.5 Å². The Hall–Kier alpha value is -1.07. The minimum Gasteiger partial charge on any atom is -0.293 e. The minimum atomic E-state index is 0.117. The molecule has 0 saturated heterocycles. The molecule has 3 nitrogen and oxygen atoms in total. The van der Waals surface area contributed by atoms with Crippen molar-refractivity contribution in [2.45, 2.75) is 11.9 Å². The van der Waals surface area contributed by atoms with Crippen molar-refractivity contribution in [2.24, 2.45) is 7.05 Å². The van der Waals surface area contributed by atoms with Crippen molar-refractivity contribution in [3.8, 4) is 0 Å². The van der Waals surface area contributed by atoms with Gasteiger partial charge in [0.2, 0.25) is 0 Å². The lowest BCUT2D eigenvalue weighted by Crippen LogP contribution is -2.04. The first-order chi connectivity index (χ1) is 8.58. The molecule has 2 aromatic rings. The zero-order chi connectivity index (χ0) is 13.1. The fourth-order valence-electron chi connectivity index (χ4n) is 1.63. The van der Waals surface area contributed by atoms with Crippen LogP contribution < -0.4 is 0 Å². The highest BCUT2D eigenvalue weighted by atomic mass is 79.9. The van der Waals surface area contributed by atoms with Gasteiger partial charge in [-0.05, 0) is 19.1 Å². The van der Waals surface area contributed by atoms with Gasteiger partial charge < -0.3 is 0 Å². The van der Waals surface area contributed by atoms with Gasteiger partial charge in [0.05, 0.1) is 16.5 Å². The fourth-order valence-corrected chi connectivity index (χ4v) is 3.05. The molecule has 0 amide bonds. The molecular weight excluding hydrogens is 312 g/mol. The van der Waals surface area contributed by atoms with Crippen molar-refractivity contribution in [2.75, 3.05) is 5.75 Å². The van der Waals surface area contributed by atoms with E-state index in [0.717, 1.165) is 20.8 Å². The molecule has 0 N–H and O–H groups in total. The number of hydrogen-bond acceptors (Lipinski definition) is 3. The second kappa shape index (κ2) is 5.71. The summed E-state index contributed by atoms with van der Waals surface area (Å²) in [6.45, 7) is 1.94. The van der Waals surface area contributed by atoms with E-state index in [-0.39, 0.29) is 5.78 Å². The number of carbonyl (C=O) groups excluding carboxylic acids is 1. The number of thioether (sulfide) groups is 1. The van der Waals surface area contributed by atoms with Crippen LogP contribution in [0, 0.1) is 6.92 Å². The van der Waals surface area contributed by atoms with Gasteiger partial charge in [0.1, 0.15) is 0 Å². The maximum atomic E-state index is 12.1. The van der Waals surface area contributed by atoms with Crippen LogP contribution in [0.5, 0.6) is 0 Å². The summed E-state index contributed by atoms with van der Waals surface area (Å²) in [5.41, 5.74) is 1.69. The molecular formula is C13H13BrN2OS. The molecule has 0 spiro atoms. The second-order valence-electron chi connectivity index (χ2n) is 3.94. The molecule has 2 rings (SSSR count). The molecule has 1 aromatic heterocycles. The normalized spacial score (nSPS) is 10.6. The molecule has 0 unspecified atom stereocenters. The summed E-state index contributed by atoms with van der Waals surface area (Å²) < 4.78 is 2.64. The Morgan fingerprint density at radius 1 is 1.44 bits per heavy atom. The van der Waals surface area contributed by atoms with Crippen LogP contribution in [-0.2, 0) is 7.05 Å². The molecule has 5 heteroatoms. The topological polar surface area (TPSA) is 34.9 Å². The Bertz CT molecular complexity index is 580. The first-order valence-electron chi connectivity index (χ1n) is 5.49. The third-order valence-corrected chi connectivity index (χ3v) is 4.26. The van der Waals surface area contributed by atoms with Crippen molar-refractivity contribution in [1.29, 1.82) is 0 Å². The molecule has 0 saturated carbocycles. The zero-order valence-corrected chi connectivity index (χ0v) is 12.6. The van der Waals surface area contributed by atoms with Gasteiger partial charge in [-0.1, -0.05) is 45.9 Å². The Balaban J connectivity index is 2.05. The summed E-state index contributed by atoms with van der Waals surface area (Å²) in [6.07, 6.45) is 0. The van der Waals surface area contributed by atoms with E-state index in [9.17, 15) is 4.79 Å². The Kier molecular flexibility index (Phi) is 4.24. The number of carbonyl (C=O) groups is 1. The summed E-state index contributed by atoms with van der Waals surface area (Å²) in [5.74, 6) is 0.535. The Morgan fingerprint density at radius 2 is 2.17 bits per heavy atom. The van der Waals surface area contributed by atoms with Gasteiger partial charge in [0.15, 0.2) is 5.78 Å². The standard InChI is InChI=1S/C13H13BrN2OS/c1-9-7-13(16(2)15-9)18-8-12(17)10-5-3-4-6-11(10)14/h3-7H,8H2,1-2H3. The van der Waals surface area contributed by atoms with Crippen molar-refractivity contribution < 1.29 is 4.79 Å². The van der Waals surface area contributed by atoms with Gasteiger partial charge in [0.25, 0.3) is 0 Å². The van der Waals surface area contributed by atoms with Crippen LogP contribution >= 0.6 is 27.7 Å². The molecule has 0 aliphatic carbocycles. The van der Waals surface area contributed by atoms with E-state index in [1.54, 1.807) is 4.68 Å². The second-order valence-corrected chi connectivity index (χ2v) is 5.79. The molecule has 0 radical (unpaired) electrons. The average Bonchev–Trinajstić information content (AvgIpc) is 2.65. The highest BCUT2D eigenvalue weighted by Gasteiger charge is 2.11. The number of benzene rings is 1. The molecule has 1 heterocycles. The van der Waals surface area contributed by atoms with Crippen LogP contribution in [0.2, 0.25) is 0 Å². The SMILES string of the molecule is Cc1cc(SCC(=O)c2ccccc2Br)n(C)n1. The maximum absolute atomic E-state index is 12.1. The monoisotopic (exact) mass is 324 g/mol. The number of halogens is 1. The zero-order valence-electron chi connectivity index (χ0n) is 10.2. The summed E-state index contributed by atoms with van der Waals surface area (Å²) in [4.78, 5) is 12.1. The lowest BCUT2D eigenvalue weighted by molar-refractivity contribution is 0.102. The quantitative estimate of drug-likeness (QED) is 0.638. The molecule has 94 valence electrons. The van der Waals surface area contributed by atoms with Crippen molar-refractivity contribution in [3.63, 3.8) is 0 Å². The number of hydrogen-bond donors (Lipinski definition) is 0. The smallest absolute Gasteiger partial charge is 0.174 e. The highest BCUT2D eigenvalue weighted by Crippen LogP contribution is 2.22. The van der Waals surface area contributed by atoms with Crippen molar-refractivity contribution in [3.05, 3.63) is 46.1 Å². The van der Waals surface area contributed by atoms with Gasteiger partial charge in [0, 0.05) is 17.1 Å². The fraction of sp³-hybridized carbons (Fsp3) is 0.231. The van der Waals surface area contributed by atoms with Crippen LogP contribution in [0.4, 0.5) is 0 Å². The van der Waals surface area contributed by atoms with E-state index >= 15 is 0 Å². The lowest BCUT2D eigenvalue weighted by Gasteiger charge is -2.03. The Labute approximate surface area is 119 Å². The molecule has 0 fully saturated rings. The van der Waals surface area contributed by atoms with Crippen LogP contribution in [-0.4, -0.2) is 21.3 Å². The number of Topliss-reactive ketones (excluding diaryl/α,β-unsaturated/α-hetero) is 1. The minimum absolute atomic E-state index is 0.117. The van der Waals surface area contributed by atoms with Gasteiger partial charge in [-0.15, -0.1) is 0 Å². The van der Waals surface area contributed by atoms with Gasteiger partial charge >= 0.3 is 0 Å². The molecule has 0 aliphatic rings. The third kappa shape index (κ3) is 3.03. The van der Waals surface area contributed by atoms with Gasteiger partial charge in [-0.25, -0.2) is 0 Å². The maximum Gasteiger partial charge on any atom is 0.174 e. The molecule has 0 bridgehead atoms. The van der Waals surface area contributed by atoms with E-state index in [1.165, 1.54) is 11.8 Å².